The van der Waals surface area contributed by atoms with Gasteiger partial charge in [-0.1, -0.05) is 6.07 Å². The van der Waals surface area contributed by atoms with Crippen molar-refractivity contribution in [2.45, 2.75) is 12.3 Å². The minimum absolute atomic E-state index is 0.0930. The van der Waals surface area contributed by atoms with Crippen LogP contribution in [-0.2, 0) is 16.6 Å². The van der Waals surface area contributed by atoms with Gasteiger partial charge in [-0.3, -0.25) is 13.9 Å². The second-order valence-electron chi connectivity index (χ2n) is 8.45. The summed E-state index contributed by atoms with van der Waals surface area (Å²) < 4.78 is 46.5. The van der Waals surface area contributed by atoms with Crippen LogP contribution in [0.2, 0.25) is 0 Å². The van der Waals surface area contributed by atoms with Gasteiger partial charge in [-0.2, -0.15) is 18.3 Å². The zero-order valence-corrected chi connectivity index (χ0v) is 20.9. The Hall–Kier alpha value is -4.59. The number of rotatable bonds is 5. The number of carboxylic acid groups (broad SMARTS) is 1. The van der Waals surface area contributed by atoms with Crippen LogP contribution in [0.1, 0.15) is 22.3 Å². The molecular formula is C25H25F3N6O5. The van der Waals surface area contributed by atoms with E-state index in [9.17, 15) is 18.0 Å². The number of carbonyl (C=O) groups is 2. The number of hydrogen-bond acceptors (Lipinski definition) is 7. The summed E-state index contributed by atoms with van der Waals surface area (Å²) in [4.78, 5) is 28.2. The Labute approximate surface area is 220 Å². The van der Waals surface area contributed by atoms with Crippen molar-refractivity contribution < 1.29 is 37.3 Å². The number of carboxylic acids is 1. The number of alkyl halides is 3. The number of benzene rings is 1. The highest BCUT2D eigenvalue weighted by Crippen LogP contribution is 2.26. The molecule has 2 N–H and O–H groups in total. The largest absolute Gasteiger partial charge is 0.497 e. The minimum Gasteiger partial charge on any atom is -0.497 e. The molecule has 0 bridgehead atoms. The molecule has 11 nitrogen and oxygen atoms in total. The molecule has 1 aliphatic rings. The van der Waals surface area contributed by atoms with Crippen LogP contribution in [-0.4, -0.2) is 74.0 Å². The van der Waals surface area contributed by atoms with E-state index in [1.165, 1.54) is 0 Å². The quantitative estimate of drug-likeness (QED) is 0.389. The van der Waals surface area contributed by atoms with Crippen molar-refractivity contribution in [3.63, 3.8) is 0 Å². The Kier molecular flexibility index (Phi) is 8.04. The zero-order chi connectivity index (χ0) is 28.2. The summed E-state index contributed by atoms with van der Waals surface area (Å²) in [6, 6.07) is 15.4. The van der Waals surface area contributed by atoms with Crippen molar-refractivity contribution in [2.24, 2.45) is 7.05 Å². The molecule has 1 unspecified atom stereocenters. The van der Waals surface area contributed by atoms with Gasteiger partial charge >= 0.3 is 12.1 Å². The fourth-order valence-corrected chi connectivity index (χ4v) is 3.81. The van der Waals surface area contributed by atoms with Gasteiger partial charge in [0.2, 0.25) is 0 Å². The van der Waals surface area contributed by atoms with Crippen LogP contribution in [0.3, 0.4) is 0 Å². The van der Waals surface area contributed by atoms with Crippen LogP contribution in [0.15, 0.2) is 60.9 Å². The standard InChI is InChI=1S/C23H24N6O3.C2HF3O2/c1-27-11-10-18(26-27)23(30)28-12-13-32-20(15-28)19-14-29-21(4-3-5-22(29)25-19)24-16-6-8-17(31-2)9-7-16;3-2(4,5)1(6)7/h3-11,14,20,24H,12-13,15H2,1-2H3;(H,6,7). The number of methoxy groups -OCH3 is 1. The molecule has 0 aliphatic carbocycles. The lowest BCUT2D eigenvalue weighted by Gasteiger charge is -2.31. The molecule has 1 amide bonds. The first-order chi connectivity index (χ1) is 18.5. The van der Waals surface area contributed by atoms with E-state index in [2.05, 4.69) is 10.4 Å². The number of aliphatic carboxylic acids is 1. The number of imidazole rings is 1. The summed E-state index contributed by atoms with van der Waals surface area (Å²) in [6.45, 7) is 1.41. The second-order valence-corrected chi connectivity index (χ2v) is 8.45. The van der Waals surface area contributed by atoms with E-state index < -0.39 is 12.1 Å². The molecule has 0 saturated carbocycles. The van der Waals surface area contributed by atoms with E-state index in [0.29, 0.717) is 25.4 Å². The lowest BCUT2D eigenvalue weighted by molar-refractivity contribution is -0.192. The summed E-state index contributed by atoms with van der Waals surface area (Å²) in [6.07, 6.45) is -1.66. The summed E-state index contributed by atoms with van der Waals surface area (Å²) in [5, 5.41) is 14.8. The summed E-state index contributed by atoms with van der Waals surface area (Å²) in [5.41, 5.74) is 2.96. The molecule has 1 fully saturated rings. The fraction of sp³-hybridized carbons (Fsp3) is 0.280. The highest BCUT2D eigenvalue weighted by molar-refractivity contribution is 5.92. The third-order valence-corrected chi connectivity index (χ3v) is 5.73. The number of aryl methyl sites for hydroxylation is 1. The first kappa shape index (κ1) is 27.4. The predicted molar refractivity (Wildman–Crippen MR) is 133 cm³/mol. The highest BCUT2D eigenvalue weighted by atomic mass is 19.4. The van der Waals surface area contributed by atoms with Crippen molar-refractivity contribution in [1.29, 1.82) is 0 Å². The van der Waals surface area contributed by atoms with Gasteiger partial charge < -0.3 is 24.8 Å². The van der Waals surface area contributed by atoms with Gasteiger partial charge in [0, 0.05) is 31.7 Å². The third kappa shape index (κ3) is 6.65. The number of morpholine rings is 1. The Morgan fingerprint density at radius 2 is 1.87 bits per heavy atom. The molecule has 39 heavy (non-hydrogen) atoms. The van der Waals surface area contributed by atoms with E-state index in [1.54, 1.807) is 36.0 Å². The molecule has 1 atom stereocenters. The molecule has 1 saturated heterocycles. The van der Waals surface area contributed by atoms with Crippen molar-refractivity contribution in [3.05, 3.63) is 72.3 Å². The zero-order valence-electron chi connectivity index (χ0n) is 20.9. The average Bonchev–Trinajstić information content (AvgIpc) is 3.56. The molecule has 1 aromatic carbocycles. The van der Waals surface area contributed by atoms with Gasteiger partial charge in [-0.15, -0.1) is 0 Å². The number of halogens is 3. The maximum atomic E-state index is 12.8. The number of aromatic nitrogens is 4. The van der Waals surface area contributed by atoms with E-state index in [4.69, 9.17) is 24.4 Å². The normalized spacial score (nSPS) is 15.4. The molecule has 0 spiro atoms. The smallest absolute Gasteiger partial charge is 0.490 e. The molecular weight excluding hydrogens is 521 g/mol. The summed E-state index contributed by atoms with van der Waals surface area (Å²) >= 11 is 0. The first-order valence-electron chi connectivity index (χ1n) is 11.6. The maximum absolute atomic E-state index is 12.8. The first-order valence-corrected chi connectivity index (χ1v) is 11.6. The Bertz CT molecular complexity index is 1450. The van der Waals surface area contributed by atoms with Crippen molar-refractivity contribution in [3.8, 4) is 5.75 Å². The highest BCUT2D eigenvalue weighted by Gasteiger charge is 2.38. The van der Waals surface area contributed by atoms with Crippen LogP contribution in [0.5, 0.6) is 5.75 Å². The summed E-state index contributed by atoms with van der Waals surface area (Å²) in [5.74, 6) is -1.17. The van der Waals surface area contributed by atoms with Crippen LogP contribution < -0.4 is 10.1 Å². The Morgan fingerprint density at radius 3 is 2.49 bits per heavy atom. The molecule has 1 aliphatic heterocycles. The van der Waals surface area contributed by atoms with Gasteiger partial charge in [0.25, 0.3) is 5.91 Å². The van der Waals surface area contributed by atoms with Gasteiger partial charge in [-0.05, 0) is 42.5 Å². The number of amides is 1. The van der Waals surface area contributed by atoms with E-state index in [1.807, 2.05) is 53.1 Å². The van der Waals surface area contributed by atoms with E-state index >= 15 is 0 Å². The molecule has 3 aromatic heterocycles. The molecule has 4 heterocycles. The molecule has 4 aromatic rings. The van der Waals surface area contributed by atoms with Gasteiger partial charge in [0.1, 0.15) is 29.0 Å². The molecule has 206 valence electrons. The molecule has 14 heteroatoms. The van der Waals surface area contributed by atoms with Crippen LogP contribution in [0.25, 0.3) is 5.65 Å². The van der Waals surface area contributed by atoms with E-state index in [0.717, 1.165) is 28.6 Å². The number of ether oxygens (including phenoxy) is 2. The lowest BCUT2D eigenvalue weighted by atomic mass is 10.2. The Morgan fingerprint density at radius 1 is 1.15 bits per heavy atom. The predicted octanol–water partition coefficient (Wildman–Crippen LogP) is 3.67. The lowest BCUT2D eigenvalue weighted by Crippen LogP contribution is -2.42. The van der Waals surface area contributed by atoms with Crippen LogP contribution in [0, 0.1) is 0 Å². The number of nitrogens with zero attached hydrogens (tertiary/aromatic N) is 5. The molecule has 0 radical (unpaired) electrons. The SMILES string of the molecule is COc1ccc(Nc2cccc3nc(C4CN(C(=O)c5ccn(C)n5)CCO4)cn23)cc1.O=C(O)C(F)(F)F. The average molecular weight is 547 g/mol. The number of nitrogens with one attached hydrogen (secondary N) is 1. The number of pyridine rings is 1. The van der Waals surface area contributed by atoms with Gasteiger partial charge in [0.05, 0.1) is 26.0 Å². The van der Waals surface area contributed by atoms with Crippen LogP contribution in [0.4, 0.5) is 24.7 Å². The van der Waals surface area contributed by atoms with E-state index in [-0.39, 0.29) is 12.0 Å². The van der Waals surface area contributed by atoms with Crippen molar-refractivity contribution in [1.82, 2.24) is 24.1 Å². The number of fused-ring (bicyclic) bond motifs is 1. The maximum Gasteiger partial charge on any atom is 0.490 e. The number of anilines is 2. The minimum atomic E-state index is -5.08. The van der Waals surface area contributed by atoms with Crippen molar-refractivity contribution >= 4 is 29.0 Å². The second kappa shape index (κ2) is 11.4. The topological polar surface area (TPSA) is 123 Å². The Balaban J connectivity index is 0.000000448. The number of hydrogen-bond donors (Lipinski definition) is 2. The van der Waals surface area contributed by atoms with Gasteiger partial charge in [-0.25, -0.2) is 9.78 Å². The van der Waals surface area contributed by atoms with Crippen molar-refractivity contribution in [2.75, 3.05) is 32.1 Å². The number of carbonyl (C=O) groups excluding carboxylic acids is 1. The summed E-state index contributed by atoms with van der Waals surface area (Å²) in [7, 11) is 3.45. The van der Waals surface area contributed by atoms with Gasteiger partial charge in [0.15, 0.2) is 0 Å². The fourth-order valence-electron chi connectivity index (χ4n) is 3.81. The third-order valence-electron chi connectivity index (χ3n) is 5.73. The van der Waals surface area contributed by atoms with Crippen LogP contribution >= 0.6 is 0 Å². The molecule has 5 rings (SSSR count). The monoisotopic (exact) mass is 546 g/mol.